The maximum Gasteiger partial charge on any atom is 0.331 e. The Morgan fingerprint density at radius 2 is 1.86 bits per heavy atom. The number of rotatable bonds is 3. The lowest BCUT2D eigenvalue weighted by Crippen LogP contribution is -2.31. The Labute approximate surface area is 161 Å². The van der Waals surface area contributed by atoms with Crippen LogP contribution < -0.4 is 11.2 Å². The molecule has 2 aromatic carbocycles. The van der Waals surface area contributed by atoms with Crippen molar-refractivity contribution in [3.8, 4) is 5.88 Å². The third-order valence-electron chi connectivity index (χ3n) is 4.80. The molecule has 0 saturated heterocycles. The normalized spacial score (nSPS) is 14.2. The zero-order valence-corrected chi connectivity index (χ0v) is 15.6. The van der Waals surface area contributed by atoms with Crippen molar-refractivity contribution in [3.05, 3.63) is 91.6 Å². The fourth-order valence-corrected chi connectivity index (χ4v) is 3.34. The second kappa shape index (κ2) is 6.81. The van der Waals surface area contributed by atoms with Crippen LogP contribution in [0, 0.1) is 6.92 Å². The molecule has 0 atom stereocenters. The molecule has 2 heterocycles. The molecule has 0 radical (unpaired) electrons. The predicted molar refractivity (Wildman–Crippen MR) is 110 cm³/mol. The Morgan fingerprint density at radius 1 is 1.11 bits per heavy atom. The molecule has 1 aliphatic heterocycles. The number of aromatic amines is 1. The quantitative estimate of drug-likeness (QED) is 0.739. The number of H-pyrrole nitrogens is 1. The summed E-state index contributed by atoms with van der Waals surface area (Å²) in [5, 5.41) is 10.7. The molecule has 3 aromatic rings. The molecule has 1 aliphatic rings. The van der Waals surface area contributed by atoms with Gasteiger partial charge in [0, 0.05) is 16.8 Å². The average Bonchev–Trinajstić information content (AvgIpc) is 2.97. The third kappa shape index (κ3) is 3.09. The van der Waals surface area contributed by atoms with E-state index in [1.165, 1.54) is 0 Å². The first-order valence-corrected chi connectivity index (χ1v) is 8.92. The summed E-state index contributed by atoms with van der Waals surface area (Å²) in [4.78, 5) is 31.5. The first-order valence-electron chi connectivity index (χ1n) is 8.92. The second-order valence-electron chi connectivity index (χ2n) is 6.84. The van der Waals surface area contributed by atoms with E-state index in [9.17, 15) is 14.7 Å². The van der Waals surface area contributed by atoms with Gasteiger partial charge in [-0.2, -0.15) is 0 Å². The first kappa shape index (κ1) is 17.7. The van der Waals surface area contributed by atoms with Crippen molar-refractivity contribution in [2.75, 3.05) is 0 Å². The number of hydrogen-bond acceptors (Lipinski definition) is 4. The molecule has 0 unspecified atom stereocenters. The van der Waals surface area contributed by atoms with Crippen molar-refractivity contribution < 1.29 is 5.11 Å². The lowest BCUT2D eigenvalue weighted by atomic mass is 9.99. The highest BCUT2D eigenvalue weighted by Gasteiger charge is 2.20. The van der Waals surface area contributed by atoms with Crippen molar-refractivity contribution in [2.24, 2.45) is 4.99 Å². The minimum Gasteiger partial charge on any atom is -0.494 e. The number of allylic oxidation sites excluding steroid dienone is 1. The lowest BCUT2D eigenvalue weighted by molar-refractivity contribution is 0.408. The predicted octanol–water partition coefficient (Wildman–Crippen LogP) is 3.25. The van der Waals surface area contributed by atoms with E-state index in [2.05, 4.69) is 9.98 Å². The Kier molecular flexibility index (Phi) is 4.31. The van der Waals surface area contributed by atoms with Crippen LogP contribution in [0.2, 0.25) is 0 Å². The molecule has 0 spiro atoms. The Bertz CT molecular complexity index is 1250. The van der Waals surface area contributed by atoms with E-state index in [4.69, 9.17) is 0 Å². The van der Waals surface area contributed by atoms with Crippen LogP contribution in [0.15, 0.2) is 63.1 Å². The van der Waals surface area contributed by atoms with E-state index in [0.29, 0.717) is 0 Å². The molecule has 28 heavy (non-hydrogen) atoms. The fourth-order valence-electron chi connectivity index (χ4n) is 3.34. The van der Waals surface area contributed by atoms with Crippen molar-refractivity contribution in [1.82, 2.24) is 9.55 Å². The van der Waals surface area contributed by atoms with Crippen LogP contribution in [-0.2, 0) is 6.54 Å². The Morgan fingerprint density at radius 3 is 2.61 bits per heavy atom. The van der Waals surface area contributed by atoms with Gasteiger partial charge in [0.2, 0.25) is 5.88 Å². The van der Waals surface area contributed by atoms with Crippen molar-refractivity contribution in [3.63, 3.8) is 0 Å². The summed E-state index contributed by atoms with van der Waals surface area (Å²) in [6.07, 6.45) is 1.60. The number of nitrogens with zero attached hydrogens (tertiary/aromatic N) is 2. The molecule has 6 heteroatoms. The van der Waals surface area contributed by atoms with Crippen LogP contribution >= 0.6 is 0 Å². The van der Waals surface area contributed by atoms with Crippen molar-refractivity contribution in [2.45, 2.75) is 20.4 Å². The van der Waals surface area contributed by atoms with Gasteiger partial charge in [0.25, 0.3) is 5.56 Å². The van der Waals surface area contributed by atoms with Crippen LogP contribution in [-0.4, -0.2) is 20.4 Å². The van der Waals surface area contributed by atoms with Gasteiger partial charge in [-0.15, -0.1) is 0 Å². The Balaban J connectivity index is 1.86. The molecule has 4 rings (SSSR count). The first-order chi connectivity index (χ1) is 13.4. The van der Waals surface area contributed by atoms with Gasteiger partial charge in [0.1, 0.15) is 5.56 Å². The van der Waals surface area contributed by atoms with Crippen molar-refractivity contribution >= 4 is 23.0 Å². The van der Waals surface area contributed by atoms with Gasteiger partial charge in [-0.3, -0.25) is 19.3 Å². The lowest BCUT2D eigenvalue weighted by Gasteiger charge is -2.11. The number of fused-ring (bicyclic) bond motifs is 1. The molecular formula is C22H19N3O3. The van der Waals surface area contributed by atoms with Gasteiger partial charge >= 0.3 is 5.69 Å². The standard InChI is InChI=1S/C22H19N3O3/c1-13-8-9-19-17(10-13)16(14(2)23-19)11-18-20(26)24-22(28)25(21(18)27)12-15-6-4-3-5-7-15/h3-11,27H,12H2,1-2H3,(H,24,26,28)/b16-11+. The highest BCUT2D eigenvalue weighted by Crippen LogP contribution is 2.36. The molecule has 0 bridgehead atoms. The summed E-state index contributed by atoms with van der Waals surface area (Å²) >= 11 is 0. The SMILES string of the molecule is CC1=Nc2ccc(C)cc2/C1=C/c1c(O)n(Cc2ccccc2)c(=O)[nH]c1=O. The van der Waals surface area contributed by atoms with E-state index in [-0.39, 0.29) is 18.0 Å². The molecule has 0 amide bonds. The zero-order valence-electron chi connectivity index (χ0n) is 15.6. The Hall–Kier alpha value is -3.67. The van der Waals surface area contributed by atoms with E-state index in [1.54, 1.807) is 6.08 Å². The second-order valence-corrected chi connectivity index (χ2v) is 6.84. The molecular weight excluding hydrogens is 354 g/mol. The van der Waals surface area contributed by atoms with Crippen LogP contribution in [0.1, 0.15) is 29.2 Å². The maximum absolute atomic E-state index is 12.4. The summed E-state index contributed by atoms with van der Waals surface area (Å²) in [6.45, 7) is 3.99. The van der Waals surface area contributed by atoms with E-state index >= 15 is 0 Å². The largest absolute Gasteiger partial charge is 0.494 e. The summed E-state index contributed by atoms with van der Waals surface area (Å²) in [6, 6.07) is 15.2. The van der Waals surface area contributed by atoms with Crippen molar-refractivity contribution in [1.29, 1.82) is 0 Å². The van der Waals surface area contributed by atoms with Gasteiger partial charge < -0.3 is 5.11 Å². The van der Waals surface area contributed by atoms with E-state index < -0.39 is 11.2 Å². The smallest absolute Gasteiger partial charge is 0.331 e. The van der Waals surface area contributed by atoms with Gasteiger partial charge in [0.15, 0.2) is 0 Å². The molecule has 0 aliphatic carbocycles. The van der Waals surface area contributed by atoms with E-state index in [0.717, 1.165) is 38.2 Å². The number of aromatic nitrogens is 2. The van der Waals surface area contributed by atoms with Gasteiger partial charge in [0.05, 0.1) is 12.2 Å². The highest BCUT2D eigenvalue weighted by molar-refractivity contribution is 6.31. The van der Waals surface area contributed by atoms with Crippen LogP contribution in [0.5, 0.6) is 5.88 Å². The zero-order chi connectivity index (χ0) is 19.8. The molecule has 0 saturated carbocycles. The number of hydrogen-bond donors (Lipinski definition) is 2. The summed E-state index contributed by atoms with van der Waals surface area (Å²) in [5.41, 5.74) is 3.89. The topological polar surface area (TPSA) is 87.4 Å². The minimum absolute atomic E-state index is 0.0365. The molecule has 1 aromatic heterocycles. The molecule has 0 fully saturated rings. The summed E-state index contributed by atoms with van der Waals surface area (Å²) in [5.74, 6) is -0.362. The maximum atomic E-state index is 12.4. The van der Waals surface area contributed by atoms with Crippen LogP contribution in [0.3, 0.4) is 0 Å². The molecule has 6 nitrogen and oxygen atoms in total. The minimum atomic E-state index is -0.651. The molecule has 2 N–H and O–H groups in total. The summed E-state index contributed by atoms with van der Waals surface area (Å²) < 4.78 is 1.15. The van der Waals surface area contributed by atoms with Crippen LogP contribution in [0.25, 0.3) is 11.6 Å². The summed E-state index contributed by atoms with van der Waals surface area (Å²) in [7, 11) is 0. The molecule has 140 valence electrons. The third-order valence-corrected chi connectivity index (χ3v) is 4.80. The monoisotopic (exact) mass is 373 g/mol. The van der Waals surface area contributed by atoms with Gasteiger partial charge in [-0.1, -0.05) is 42.0 Å². The number of aromatic hydroxyl groups is 1. The fraction of sp³-hybridized carbons (Fsp3) is 0.136. The average molecular weight is 373 g/mol. The van der Waals surface area contributed by atoms with Crippen LogP contribution in [0.4, 0.5) is 5.69 Å². The number of nitrogens with one attached hydrogen (secondary N) is 1. The number of aliphatic imine (C=N–C) groups is 1. The highest BCUT2D eigenvalue weighted by atomic mass is 16.3. The van der Waals surface area contributed by atoms with E-state index in [1.807, 2.05) is 62.4 Å². The van der Waals surface area contributed by atoms with Gasteiger partial charge in [-0.25, -0.2) is 4.79 Å². The number of benzene rings is 2. The van der Waals surface area contributed by atoms with Gasteiger partial charge in [-0.05, 0) is 37.6 Å². The number of aryl methyl sites for hydroxylation is 1.